The van der Waals surface area contributed by atoms with Crippen LogP contribution in [0.3, 0.4) is 0 Å². The van der Waals surface area contributed by atoms with Gasteiger partial charge in [-0.25, -0.2) is 9.37 Å². The number of nitrogens with zero attached hydrogens (tertiary/aromatic N) is 2. The number of carbonyl (C=O) groups is 1. The van der Waals surface area contributed by atoms with Crippen molar-refractivity contribution in [2.45, 2.75) is 38.5 Å². The molecule has 174 valence electrons. The van der Waals surface area contributed by atoms with Crippen molar-refractivity contribution in [1.82, 2.24) is 4.98 Å². The zero-order valence-electron chi connectivity index (χ0n) is 18.4. The minimum Gasteiger partial charge on any atom is -0.490 e. The maximum Gasteiger partial charge on any atom is 0.307 e. The van der Waals surface area contributed by atoms with E-state index in [1.807, 2.05) is 19.1 Å². The van der Waals surface area contributed by atoms with Gasteiger partial charge in [0.1, 0.15) is 0 Å². The fraction of sp³-hybridized carbons (Fsp3) is 0.360. The van der Waals surface area contributed by atoms with Crippen LogP contribution in [-0.2, 0) is 17.6 Å². The highest BCUT2D eigenvalue weighted by Crippen LogP contribution is 2.34. The van der Waals surface area contributed by atoms with Gasteiger partial charge in [0.2, 0.25) is 0 Å². The maximum atomic E-state index is 14.4. The van der Waals surface area contributed by atoms with Crippen LogP contribution >= 0.6 is 22.9 Å². The molecule has 0 aliphatic carbocycles. The first-order chi connectivity index (χ1) is 15.9. The largest absolute Gasteiger partial charge is 0.490 e. The normalized spacial score (nSPS) is 14.5. The van der Waals surface area contributed by atoms with E-state index in [9.17, 15) is 9.18 Å². The van der Waals surface area contributed by atoms with Crippen LogP contribution < -0.4 is 9.64 Å². The molecule has 0 unspecified atom stereocenters. The van der Waals surface area contributed by atoms with Gasteiger partial charge in [-0.05, 0) is 49.4 Å². The van der Waals surface area contributed by atoms with E-state index in [4.69, 9.17) is 26.4 Å². The standard InChI is InChI=1S/C25H26ClFN2O3S/c1-16-21(11-14-32-22-4-2-3-19(24(22)27)15-23(30)31)28-25(33-16)29-12-9-18(10-13-29)17-5-7-20(26)8-6-17/h2-8,18H,9-15H2,1H3,(H,30,31). The van der Waals surface area contributed by atoms with Crippen molar-refractivity contribution in [3.63, 3.8) is 0 Å². The number of thiazole rings is 1. The molecule has 1 N–H and O–H groups in total. The average Bonchev–Trinajstić information content (AvgIpc) is 3.17. The van der Waals surface area contributed by atoms with Crippen molar-refractivity contribution in [2.75, 3.05) is 24.6 Å². The molecular weight excluding hydrogens is 463 g/mol. The molecule has 2 heterocycles. The number of hydrogen-bond donors (Lipinski definition) is 1. The monoisotopic (exact) mass is 488 g/mol. The molecule has 8 heteroatoms. The summed E-state index contributed by atoms with van der Waals surface area (Å²) >= 11 is 7.69. The van der Waals surface area contributed by atoms with Crippen LogP contribution in [0.4, 0.5) is 9.52 Å². The molecule has 1 aromatic heterocycles. The van der Waals surface area contributed by atoms with Crippen molar-refractivity contribution in [3.8, 4) is 5.75 Å². The maximum absolute atomic E-state index is 14.4. The molecule has 5 nitrogen and oxygen atoms in total. The summed E-state index contributed by atoms with van der Waals surface area (Å²) in [5.74, 6) is -1.07. The molecule has 1 saturated heterocycles. The highest BCUT2D eigenvalue weighted by Gasteiger charge is 2.23. The van der Waals surface area contributed by atoms with E-state index in [2.05, 4.69) is 17.0 Å². The highest BCUT2D eigenvalue weighted by molar-refractivity contribution is 7.15. The van der Waals surface area contributed by atoms with Gasteiger partial charge in [0.05, 0.1) is 18.7 Å². The molecule has 1 fully saturated rings. The van der Waals surface area contributed by atoms with Gasteiger partial charge in [0, 0.05) is 35.0 Å². The lowest BCUT2D eigenvalue weighted by Crippen LogP contribution is -2.32. The third-order valence-electron chi connectivity index (χ3n) is 5.97. The third kappa shape index (κ3) is 5.84. The second-order valence-corrected chi connectivity index (χ2v) is 9.83. The SMILES string of the molecule is Cc1sc(N2CCC(c3ccc(Cl)cc3)CC2)nc1CCOc1cccc(CC(=O)O)c1F. The van der Waals surface area contributed by atoms with Crippen LogP contribution in [0.5, 0.6) is 5.75 Å². The Bertz CT molecular complexity index is 1110. The number of benzene rings is 2. The zero-order chi connectivity index (χ0) is 23.4. The van der Waals surface area contributed by atoms with Gasteiger partial charge in [-0.3, -0.25) is 4.79 Å². The first-order valence-corrected chi connectivity index (χ1v) is 12.2. The zero-order valence-corrected chi connectivity index (χ0v) is 20.0. The van der Waals surface area contributed by atoms with E-state index in [1.54, 1.807) is 17.4 Å². The Labute approximate surface area is 201 Å². The molecular formula is C25H26ClFN2O3S. The quantitative estimate of drug-likeness (QED) is 0.429. The van der Waals surface area contributed by atoms with Crippen LogP contribution in [0.2, 0.25) is 5.02 Å². The molecule has 1 aliphatic rings. The molecule has 33 heavy (non-hydrogen) atoms. The van der Waals surface area contributed by atoms with Gasteiger partial charge in [0.25, 0.3) is 0 Å². The number of aromatic nitrogens is 1. The number of carboxylic acids is 1. The number of ether oxygens (including phenoxy) is 1. The fourth-order valence-corrected chi connectivity index (χ4v) is 5.28. The Morgan fingerprint density at radius 2 is 1.97 bits per heavy atom. The summed E-state index contributed by atoms with van der Waals surface area (Å²) in [5, 5.41) is 10.7. The van der Waals surface area contributed by atoms with E-state index in [-0.39, 0.29) is 24.3 Å². The molecule has 4 rings (SSSR count). The molecule has 0 spiro atoms. The Morgan fingerprint density at radius 3 is 2.67 bits per heavy atom. The van der Waals surface area contributed by atoms with Gasteiger partial charge < -0.3 is 14.7 Å². The predicted molar refractivity (Wildman–Crippen MR) is 129 cm³/mol. The summed E-state index contributed by atoms with van der Waals surface area (Å²) in [6.07, 6.45) is 2.34. The first kappa shape index (κ1) is 23.5. The third-order valence-corrected chi connectivity index (χ3v) is 7.30. The molecule has 1 aliphatic heterocycles. The molecule has 0 bridgehead atoms. The van der Waals surface area contributed by atoms with Crippen LogP contribution in [0.15, 0.2) is 42.5 Å². The number of anilines is 1. The Morgan fingerprint density at radius 1 is 1.24 bits per heavy atom. The van der Waals surface area contributed by atoms with Gasteiger partial charge in [0.15, 0.2) is 16.7 Å². The average molecular weight is 489 g/mol. The number of halogens is 2. The number of aryl methyl sites for hydroxylation is 1. The lowest BCUT2D eigenvalue weighted by Gasteiger charge is -2.32. The Hall–Kier alpha value is -2.64. The van der Waals surface area contributed by atoms with Gasteiger partial charge in [-0.2, -0.15) is 0 Å². The molecule has 0 radical (unpaired) electrons. The minimum atomic E-state index is -1.08. The number of hydrogen-bond acceptors (Lipinski definition) is 5. The van der Waals surface area contributed by atoms with Gasteiger partial charge in [-0.15, -0.1) is 11.3 Å². The van der Waals surface area contributed by atoms with Gasteiger partial charge in [-0.1, -0.05) is 35.9 Å². The number of rotatable bonds is 8. The van der Waals surface area contributed by atoms with Crippen molar-refractivity contribution in [2.24, 2.45) is 0 Å². The second-order valence-electron chi connectivity index (χ2n) is 8.21. The van der Waals surface area contributed by atoms with Crippen molar-refractivity contribution < 1.29 is 19.0 Å². The molecule has 3 aromatic rings. The van der Waals surface area contributed by atoms with Crippen LogP contribution in [0.25, 0.3) is 0 Å². The van der Waals surface area contributed by atoms with Gasteiger partial charge >= 0.3 is 5.97 Å². The number of piperidine rings is 1. The summed E-state index contributed by atoms with van der Waals surface area (Å²) in [6, 6.07) is 12.7. The fourth-order valence-electron chi connectivity index (χ4n) is 4.14. The van der Waals surface area contributed by atoms with E-state index in [0.29, 0.717) is 12.3 Å². The highest BCUT2D eigenvalue weighted by atomic mass is 35.5. The van der Waals surface area contributed by atoms with E-state index in [1.165, 1.54) is 17.7 Å². The number of aliphatic carboxylic acids is 1. The summed E-state index contributed by atoms with van der Waals surface area (Å²) in [7, 11) is 0. The van der Waals surface area contributed by atoms with Crippen molar-refractivity contribution in [3.05, 3.63) is 75.0 Å². The lowest BCUT2D eigenvalue weighted by molar-refractivity contribution is -0.136. The van der Waals surface area contributed by atoms with Crippen LogP contribution in [-0.4, -0.2) is 35.8 Å². The lowest BCUT2D eigenvalue weighted by atomic mass is 9.90. The summed E-state index contributed by atoms with van der Waals surface area (Å²) in [6.45, 7) is 4.23. The van der Waals surface area contributed by atoms with Crippen molar-refractivity contribution >= 4 is 34.0 Å². The summed E-state index contributed by atoms with van der Waals surface area (Å²) in [5.41, 5.74) is 2.41. The first-order valence-electron chi connectivity index (χ1n) is 11.0. The summed E-state index contributed by atoms with van der Waals surface area (Å²) in [4.78, 5) is 19.2. The topological polar surface area (TPSA) is 62.7 Å². The number of carboxylic acid groups (broad SMARTS) is 1. The van der Waals surface area contributed by atoms with E-state index >= 15 is 0 Å². The molecule has 0 amide bonds. The molecule has 2 aromatic carbocycles. The molecule has 0 saturated carbocycles. The summed E-state index contributed by atoms with van der Waals surface area (Å²) < 4.78 is 20.1. The minimum absolute atomic E-state index is 0.0751. The Balaban J connectivity index is 1.32. The van der Waals surface area contributed by atoms with E-state index in [0.717, 1.165) is 46.7 Å². The second kappa shape index (κ2) is 10.5. The van der Waals surface area contributed by atoms with Crippen molar-refractivity contribution in [1.29, 1.82) is 0 Å². The smallest absolute Gasteiger partial charge is 0.307 e. The Kier molecular flexibility index (Phi) is 7.50. The van der Waals surface area contributed by atoms with E-state index < -0.39 is 11.8 Å². The van der Waals surface area contributed by atoms with Crippen LogP contribution in [0.1, 0.15) is 40.5 Å². The van der Waals surface area contributed by atoms with Crippen LogP contribution in [0, 0.1) is 12.7 Å². The predicted octanol–water partition coefficient (Wildman–Crippen LogP) is 5.88. The molecule has 0 atom stereocenters.